The van der Waals surface area contributed by atoms with Crippen molar-refractivity contribution in [3.05, 3.63) is 34.3 Å². The van der Waals surface area contributed by atoms with Crippen molar-refractivity contribution in [1.29, 1.82) is 0 Å². The zero-order chi connectivity index (χ0) is 14.3. The van der Waals surface area contributed by atoms with Gasteiger partial charge < -0.3 is 20.8 Å². The van der Waals surface area contributed by atoms with Crippen LogP contribution in [0.25, 0.3) is 0 Å². The minimum Gasteiger partial charge on any atom is -0.394 e. The van der Waals surface area contributed by atoms with Crippen LogP contribution in [0.15, 0.2) is 28.7 Å². The predicted octanol–water partition coefficient (Wildman–Crippen LogP) is -0.352. The molecular weight excluding hydrogens is 316 g/mol. The van der Waals surface area contributed by atoms with Crippen molar-refractivity contribution in [3.63, 3.8) is 0 Å². The van der Waals surface area contributed by atoms with Crippen molar-refractivity contribution in [3.8, 4) is 0 Å². The van der Waals surface area contributed by atoms with Gasteiger partial charge in [-0.3, -0.25) is 9.59 Å². The van der Waals surface area contributed by atoms with Crippen LogP contribution in [0, 0.1) is 0 Å². The van der Waals surface area contributed by atoms with Crippen LogP contribution in [0.4, 0.5) is 0 Å². The number of hydrogen-bond acceptors (Lipinski definition) is 4. The second kappa shape index (κ2) is 7.88. The van der Waals surface area contributed by atoms with Crippen LogP contribution >= 0.6 is 15.9 Å². The second-order valence-corrected chi connectivity index (χ2v) is 4.66. The van der Waals surface area contributed by atoms with Gasteiger partial charge in [0, 0.05) is 11.0 Å². The number of hydrogen-bond donors (Lipinski definition) is 4. The number of carbonyl (C=O) groups is 2. The van der Waals surface area contributed by atoms with Gasteiger partial charge in [-0.1, -0.05) is 12.1 Å². The minimum atomic E-state index is -0.997. The van der Waals surface area contributed by atoms with Gasteiger partial charge in [0.05, 0.1) is 24.8 Å². The Morgan fingerprint density at radius 3 is 2.58 bits per heavy atom. The molecule has 1 aromatic rings. The first-order chi connectivity index (χ1) is 9.04. The van der Waals surface area contributed by atoms with Crippen LogP contribution in [-0.2, 0) is 4.79 Å². The van der Waals surface area contributed by atoms with Crippen LogP contribution in [-0.4, -0.2) is 47.8 Å². The van der Waals surface area contributed by atoms with Gasteiger partial charge in [-0.2, -0.15) is 0 Å². The first-order valence-corrected chi connectivity index (χ1v) is 6.42. The van der Waals surface area contributed by atoms with E-state index in [4.69, 9.17) is 10.2 Å². The maximum absolute atomic E-state index is 11.8. The van der Waals surface area contributed by atoms with Gasteiger partial charge >= 0.3 is 0 Å². The van der Waals surface area contributed by atoms with E-state index in [1.54, 1.807) is 24.3 Å². The predicted molar refractivity (Wildman–Crippen MR) is 72.6 cm³/mol. The van der Waals surface area contributed by atoms with Gasteiger partial charge in [-0.25, -0.2) is 0 Å². The molecule has 1 unspecified atom stereocenters. The average Bonchev–Trinajstić information content (AvgIpc) is 2.42. The summed E-state index contributed by atoms with van der Waals surface area (Å²) in [7, 11) is 0. The molecule has 0 radical (unpaired) electrons. The third kappa shape index (κ3) is 5.37. The lowest BCUT2D eigenvalue weighted by molar-refractivity contribution is -0.120. The number of nitrogens with one attached hydrogen (secondary N) is 2. The van der Waals surface area contributed by atoms with E-state index in [0.717, 1.165) is 0 Å². The van der Waals surface area contributed by atoms with Crippen molar-refractivity contribution >= 4 is 27.7 Å². The van der Waals surface area contributed by atoms with E-state index in [-0.39, 0.29) is 19.0 Å². The molecule has 0 fully saturated rings. The molecular formula is C12H15BrN2O4. The van der Waals surface area contributed by atoms with E-state index < -0.39 is 18.6 Å². The zero-order valence-corrected chi connectivity index (χ0v) is 11.7. The van der Waals surface area contributed by atoms with E-state index in [9.17, 15) is 9.59 Å². The maximum Gasteiger partial charge on any atom is 0.252 e. The SMILES string of the molecule is O=C(CNC(=O)c1ccccc1Br)NCC(O)CO. The van der Waals surface area contributed by atoms with E-state index in [1.165, 1.54) is 0 Å². The largest absolute Gasteiger partial charge is 0.394 e. The molecule has 0 aromatic heterocycles. The van der Waals surface area contributed by atoms with E-state index >= 15 is 0 Å². The molecule has 4 N–H and O–H groups in total. The first kappa shape index (κ1) is 15.6. The second-order valence-electron chi connectivity index (χ2n) is 3.80. The number of carbonyl (C=O) groups excluding carboxylic acids is 2. The lowest BCUT2D eigenvalue weighted by Crippen LogP contribution is -2.40. The van der Waals surface area contributed by atoms with Gasteiger partial charge in [-0.15, -0.1) is 0 Å². The molecule has 0 aliphatic carbocycles. The van der Waals surface area contributed by atoms with Gasteiger partial charge in [0.25, 0.3) is 5.91 Å². The minimum absolute atomic E-state index is 0.0553. The first-order valence-electron chi connectivity index (χ1n) is 5.63. The van der Waals surface area contributed by atoms with E-state index in [1.807, 2.05) is 0 Å². The van der Waals surface area contributed by atoms with Crippen molar-refractivity contribution in [1.82, 2.24) is 10.6 Å². The standard InChI is InChI=1S/C12H15BrN2O4/c13-10-4-2-1-3-9(10)12(19)15-6-11(18)14-5-8(17)7-16/h1-4,8,16-17H,5-7H2,(H,14,18)(H,15,19). The monoisotopic (exact) mass is 330 g/mol. The fourth-order valence-electron chi connectivity index (χ4n) is 1.26. The summed E-state index contributed by atoms with van der Waals surface area (Å²) in [5.74, 6) is -0.807. The summed E-state index contributed by atoms with van der Waals surface area (Å²) < 4.78 is 0.642. The highest BCUT2D eigenvalue weighted by atomic mass is 79.9. The van der Waals surface area contributed by atoms with Crippen LogP contribution in [0.2, 0.25) is 0 Å². The highest BCUT2D eigenvalue weighted by Gasteiger charge is 2.11. The molecule has 19 heavy (non-hydrogen) atoms. The van der Waals surface area contributed by atoms with Crippen molar-refractivity contribution in [2.75, 3.05) is 19.7 Å². The Kier molecular flexibility index (Phi) is 6.48. The highest BCUT2D eigenvalue weighted by molar-refractivity contribution is 9.10. The molecule has 104 valence electrons. The third-order valence-corrected chi connectivity index (χ3v) is 2.97. The summed E-state index contributed by atoms with van der Waals surface area (Å²) in [6.07, 6.45) is -0.997. The molecule has 1 atom stereocenters. The van der Waals surface area contributed by atoms with Gasteiger partial charge in [0.15, 0.2) is 0 Å². The van der Waals surface area contributed by atoms with Gasteiger partial charge in [0.2, 0.25) is 5.91 Å². The molecule has 0 aliphatic rings. The summed E-state index contributed by atoms with van der Waals surface area (Å²) in [6, 6.07) is 6.86. The number of amides is 2. The van der Waals surface area contributed by atoms with Crippen molar-refractivity contribution in [2.24, 2.45) is 0 Å². The number of aliphatic hydroxyl groups is 2. The number of rotatable bonds is 6. The molecule has 0 saturated heterocycles. The summed E-state index contributed by atoms with van der Waals surface area (Å²) in [4.78, 5) is 23.1. The number of halogens is 1. The quantitative estimate of drug-likeness (QED) is 0.573. The Morgan fingerprint density at radius 1 is 1.26 bits per heavy atom. The van der Waals surface area contributed by atoms with E-state index in [2.05, 4.69) is 26.6 Å². The summed E-state index contributed by atoms with van der Waals surface area (Å²) >= 11 is 3.24. The smallest absolute Gasteiger partial charge is 0.252 e. The van der Waals surface area contributed by atoms with Crippen molar-refractivity contribution in [2.45, 2.75) is 6.10 Å². The Morgan fingerprint density at radius 2 is 1.95 bits per heavy atom. The Balaban J connectivity index is 2.38. The van der Waals surface area contributed by atoms with Crippen LogP contribution < -0.4 is 10.6 Å². The Hall–Kier alpha value is -1.44. The normalized spacial score (nSPS) is 11.7. The van der Waals surface area contributed by atoms with Gasteiger partial charge in [0.1, 0.15) is 0 Å². The highest BCUT2D eigenvalue weighted by Crippen LogP contribution is 2.15. The summed E-state index contributed by atoms with van der Waals surface area (Å²) in [5, 5.41) is 22.4. The molecule has 0 heterocycles. The Labute approximate surface area is 118 Å². The third-order valence-electron chi connectivity index (χ3n) is 2.27. The lowest BCUT2D eigenvalue weighted by atomic mass is 10.2. The maximum atomic E-state index is 11.8. The van der Waals surface area contributed by atoms with Crippen molar-refractivity contribution < 1.29 is 19.8 Å². The molecule has 6 nitrogen and oxygen atoms in total. The van der Waals surface area contributed by atoms with E-state index in [0.29, 0.717) is 10.0 Å². The molecule has 0 aliphatic heterocycles. The summed E-state index contributed by atoms with van der Waals surface area (Å²) in [5.41, 5.74) is 0.436. The summed E-state index contributed by atoms with van der Waals surface area (Å²) in [6.45, 7) is -0.678. The lowest BCUT2D eigenvalue weighted by Gasteiger charge is -2.10. The molecule has 1 aromatic carbocycles. The number of aliphatic hydroxyl groups excluding tert-OH is 2. The molecule has 0 saturated carbocycles. The van der Waals surface area contributed by atoms with Crippen LogP contribution in [0.5, 0.6) is 0 Å². The van der Waals surface area contributed by atoms with Crippen LogP contribution in [0.1, 0.15) is 10.4 Å². The molecule has 7 heteroatoms. The molecule has 0 bridgehead atoms. The molecule has 1 rings (SSSR count). The van der Waals surface area contributed by atoms with Gasteiger partial charge in [-0.05, 0) is 28.1 Å². The Bertz CT molecular complexity index is 453. The molecule has 0 spiro atoms. The fraction of sp³-hybridized carbons (Fsp3) is 0.333. The zero-order valence-electron chi connectivity index (χ0n) is 10.1. The molecule has 2 amide bonds. The fourth-order valence-corrected chi connectivity index (χ4v) is 1.72. The topological polar surface area (TPSA) is 98.7 Å². The average molecular weight is 331 g/mol. The van der Waals surface area contributed by atoms with Crippen LogP contribution in [0.3, 0.4) is 0 Å². The number of benzene rings is 1.